The first-order valence-electron chi connectivity index (χ1n) is 10.1. The molecule has 0 saturated carbocycles. The Morgan fingerprint density at radius 3 is 2.58 bits per heavy atom. The molecule has 1 N–H and O–H groups in total. The minimum absolute atomic E-state index is 0.214. The summed E-state index contributed by atoms with van der Waals surface area (Å²) in [4.78, 5) is 29.1. The van der Waals surface area contributed by atoms with Crippen LogP contribution in [0.2, 0.25) is 0 Å². The Balaban J connectivity index is 1.80. The Labute approximate surface area is 209 Å². The molecule has 3 rings (SSSR count). The highest BCUT2D eigenvalue weighted by Crippen LogP contribution is 2.36. The highest BCUT2D eigenvalue weighted by atomic mass is 127. The van der Waals surface area contributed by atoms with Crippen LogP contribution in [0, 0.1) is 3.57 Å². The van der Waals surface area contributed by atoms with Crippen LogP contribution in [0.5, 0.6) is 17.2 Å². The number of halogens is 1. The van der Waals surface area contributed by atoms with Gasteiger partial charge in [-0.15, -0.1) is 0 Å². The van der Waals surface area contributed by atoms with Crippen molar-refractivity contribution in [2.24, 2.45) is 4.99 Å². The lowest BCUT2D eigenvalue weighted by atomic mass is 10.2. The molecule has 1 aliphatic heterocycles. The van der Waals surface area contributed by atoms with Gasteiger partial charge in [0.15, 0.2) is 23.3 Å². The molecule has 33 heavy (non-hydrogen) atoms. The van der Waals surface area contributed by atoms with Crippen LogP contribution in [0.25, 0.3) is 6.08 Å². The maximum atomic E-state index is 12.5. The number of nitrogens with zero attached hydrogens (tertiary/aromatic N) is 1. The van der Waals surface area contributed by atoms with E-state index in [1.54, 1.807) is 38.3 Å². The molecular formula is C23H23IN2O6S. The van der Waals surface area contributed by atoms with Crippen LogP contribution < -0.4 is 19.5 Å². The standard InChI is InChI=1S/C23H23IN2O6S/c1-4-30-18-11-14(10-17(24)21(18)32-13-20(27)31-5-2)12-19-22(28)26-23(33-19)25-15-6-8-16(29-3)9-7-15/h6-12H,4-5,13H2,1-3H3,(H,25,26,28)/b19-12+. The molecule has 1 saturated heterocycles. The van der Waals surface area contributed by atoms with Gasteiger partial charge in [-0.05, 0) is 96.2 Å². The molecule has 174 valence electrons. The second-order valence-corrected chi connectivity index (χ2v) is 8.73. The van der Waals surface area contributed by atoms with Crippen LogP contribution in [0.15, 0.2) is 46.3 Å². The molecule has 1 aliphatic rings. The fraction of sp³-hybridized carbons (Fsp3) is 0.261. The number of nitrogens with one attached hydrogen (secondary N) is 1. The first-order valence-corrected chi connectivity index (χ1v) is 12.0. The van der Waals surface area contributed by atoms with Crippen molar-refractivity contribution in [1.82, 2.24) is 5.32 Å². The Bertz CT molecular complexity index is 1090. The van der Waals surface area contributed by atoms with Crippen molar-refractivity contribution in [3.63, 3.8) is 0 Å². The lowest BCUT2D eigenvalue weighted by Gasteiger charge is -2.14. The van der Waals surface area contributed by atoms with Gasteiger partial charge in [-0.1, -0.05) is 0 Å². The van der Waals surface area contributed by atoms with Crippen molar-refractivity contribution in [1.29, 1.82) is 0 Å². The van der Waals surface area contributed by atoms with Crippen molar-refractivity contribution < 1.29 is 28.5 Å². The molecule has 1 amide bonds. The fourth-order valence-corrected chi connectivity index (χ4v) is 4.44. The zero-order valence-corrected chi connectivity index (χ0v) is 21.3. The molecule has 8 nitrogen and oxygen atoms in total. The molecule has 0 aromatic heterocycles. The highest BCUT2D eigenvalue weighted by Gasteiger charge is 2.24. The van der Waals surface area contributed by atoms with E-state index < -0.39 is 5.97 Å². The van der Waals surface area contributed by atoms with E-state index in [4.69, 9.17) is 18.9 Å². The van der Waals surface area contributed by atoms with Crippen LogP contribution >= 0.6 is 34.4 Å². The van der Waals surface area contributed by atoms with E-state index >= 15 is 0 Å². The number of amides is 1. The minimum atomic E-state index is -0.454. The second kappa shape index (κ2) is 11.9. The van der Waals surface area contributed by atoms with E-state index in [-0.39, 0.29) is 19.1 Å². The predicted octanol–water partition coefficient (Wildman–Crippen LogP) is 4.53. The van der Waals surface area contributed by atoms with Gasteiger partial charge in [-0.25, -0.2) is 9.79 Å². The first-order chi connectivity index (χ1) is 15.9. The molecule has 1 fully saturated rings. The molecule has 0 aliphatic carbocycles. The Kier molecular flexibility index (Phi) is 9.01. The first kappa shape index (κ1) is 24.9. The molecule has 1 heterocycles. The van der Waals surface area contributed by atoms with E-state index in [2.05, 4.69) is 32.9 Å². The number of thioether (sulfide) groups is 1. The summed E-state index contributed by atoms with van der Waals surface area (Å²) in [6.45, 7) is 4.08. The topological polar surface area (TPSA) is 95.5 Å². The Morgan fingerprint density at radius 2 is 1.91 bits per heavy atom. The highest BCUT2D eigenvalue weighted by molar-refractivity contribution is 14.1. The van der Waals surface area contributed by atoms with Gasteiger partial charge in [-0.2, -0.15) is 0 Å². The van der Waals surface area contributed by atoms with Gasteiger partial charge in [0.1, 0.15) is 5.75 Å². The average molecular weight is 582 g/mol. The normalized spacial score (nSPS) is 15.5. The molecule has 2 aromatic carbocycles. The second-order valence-electron chi connectivity index (χ2n) is 6.54. The van der Waals surface area contributed by atoms with Gasteiger partial charge in [0.25, 0.3) is 5.91 Å². The number of rotatable bonds is 9. The van der Waals surface area contributed by atoms with Gasteiger partial charge in [0.2, 0.25) is 0 Å². The van der Waals surface area contributed by atoms with Crippen molar-refractivity contribution >= 4 is 63.2 Å². The van der Waals surface area contributed by atoms with Crippen molar-refractivity contribution in [3.8, 4) is 17.2 Å². The number of ether oxygens (including phenoxy) is 4. The quantitative estimate of drug-likeness (QED) is 0.264. The molecule has 2 aromatic rings. The summed E-state index contributed by atoms with van der Waals surface area (Å²) in [6, 6.07) is 10.9. The zero-order chi connectivity index (χ0) is 23.8. The van der Waals surface area contributed by atoms with Crippen molar-refractivity contribution in [2.75, 3.05) is 26.9 Å². The Morgan fingerprint density at radius 1 is 1.15 bits per heavy atom. The summed E-state index contributed by atoms with van der Waals surface area (Å²) in [5.41, 5.74) is 1.46. The summed E-state index contributed by atoms with van der Waals surface area (Å²) in [5, 5.41) is 3.27. The summed E-state index contributed by atoms with van der Waals surface area (Å²) in [7, 11) is 1.60. The maximum absolute atomic E-state index is 12.5. The van der Waals surface area contributed by atoms with Crippen LogP contribution in [0.4, 0.5) is 5.69 Å². The van der Waals surface area contributed by atoms with Gasteiger partial charge in [0, 0.05) is 0 Å². The fourth-order valence-electron chi connectivity index (χ4n) is 2.81. The number of carbonyl (C=O) groups excluding carboxylic acids is 2. The van der Waals surface area contributed by atoms with Crippen LogP contribution in [0.1, 0.15) is 19.4 Å². The van der Waals surface area contributed by atoms with Gasteiger partial charge >= 0.3 is 5.97 Å². The molecule has 0 bridgehead atoms. The third-order valence-corrected chi connectivity index (χ3v) is 5.93. The van der Waals surface area contributed by atoms with Crippen LogP contribution in [-0.4, -0.2) is 44.0 Å². The van der Waals surface area contributed by atoms with Crippen molar-refractivity contribution in [3.05, 3.63) is 50.4 Å². The zero-order valence-electron chi connectivity index (χ0n) is 18.3. The third kappa shape index (κ3) is 6.87. The summed E-state index contributed by atoms with van der Waals surface area (Å²) >= 11 is 3.36. The molecule has 0 radical (unpaired) electrons. The molecule has 0 spiro atoms. The maximum Gasteiger partial charge on any atom is 0.344 e. The van der Waals surface area contributed by atoms with Crippen LogP contribution in [-0.2, 0) is 14.3 Å². The number of esters is 1. The third-order valence-electron chi connectivity index (χ3n) is 4.22. The lowest BCUT2D eigenvalue weighted by molar-refractivity contribution is -0.145. The summed E-state index contributed by atoms with van der Waals surface area (Å²) in [6.07, 6.45) is 1.76. The van der Waals surface area contributed by atoms with E-state index in [0.717, 1.165) is 14.9 Å². The van der Waals surface area contributed by atoms with Crippen LogP contribution in [0.3, 0.4) is 0 Å². The van der Waals surface area contributed by atoms with Gasteiger partial charge < -0.3 is 24.3 Å². The number of methoxy groups -OCH3 is 1. The largest absolute Gasteiger partial charge is 0.497 e. The smallest absolute Gasteiger partial charge is 0.344 e. The van der Waals surface area contributed by atoms with Gasteiger partial charge in [0.05, 0.1) is 34.5 Å². The average Bonchev–Trinajstić information content (AvgIpc) is 3.12. The molecule has 10 heteroatoms. The summed E-state index contributed by atoms with van der Waals surface area (Å²) < 4.78 is 22.1. The molecule has 0 unspecified atom stereocenters. The van der Waals surface area contributed by atoms with E-state index in [0.29, 0.717) is 33.9 Å². The van der Waals surface area contributed by atoms with E-state index in [1.165, 1.54) is 11.8 Å². The SMILES string of the molecule is CCOC(=O)COc1c(I)cc(/C=C2/SC(=Nc3ccc(OC)cc3)NC2=O)cc1OCC. The van der Waals surface area contributed by atoms with Crippen molar-refractivity contribution in [2.45, 2.75) is 13.8 Å². The van der Waals surface area contributed by atoms with Gasteiger partial charge in [-0.3, -0.25) is 4.79 Å². The number of benzene rings is 2. The predicted molar refractivity (Wildman–Crippen MR) is 136 cm³/mol. The number of amidine groups is 1. The number of hydrogen-bond acceptors (Lipinski definition) is 8. The number of aliphatic imine (C=N–C) groups is 1. The lowest BCUT2D eigenvalue weighted by Crippen LogP contribution is -2.19. The molecular weight excluding hydrogens is 559 g/mol. The van der Waals surface area contributed by atoms with E-state index in [1.807, 2.05) is 25.1 Å². The Hall–Kier alpha value is -2.73. The number of carbonyl (C=O) groups is 2. The minimum Gasteiger partial charge on any atom is -0.497 e. The molecule has 0 atom stereocenters. The van der Waals surface area contributed by atoms with E-state index in [9.17, 15) is 9.59 Å². The monoisotopic (exact) mass is 582 g/mol. The number of hydrogen-bond donors (Lipinski definition) is 1. The summed E-state index contributed by atoms with van der Waals surface area (Å²) in [5.74, 6) is 0.985.